The van der Waals surface area contributed by atoms with Crippen LogP contribution in [0.2, 0.25) is 0 Å². The monoisotopic (exact) mass is 392 g/mol. The van der Waals surface area contributed by atoms with Gasteiger partial charge >= 0.3 is 0 Å². The topological polar surface area (TPSA) is 62.4 Å². The Morgan fingerprint density at radius 2 is 1.64 bits per heavy atom. The second-order valence-corrected chi connectivity index (χ2v) is 6.03. The van der Waals surface area contributed by atoms with Gasteiger partial charge in [-0.2, -0.15) is 5.10 Å². The Kier molecular flexibility index (Phi) is 6.00. The van der Waals surface area contributed by atoms with Crippen LogP contribution in [0.3, 0.4) is 0 Å². The fourth-order valence-corrected chi connectivity index (χ4v) is 2.27. The first-order chi connectivity index (χ1) is 10.6. The minimum atomic E-state index is 0.0832. The Morgan fingerprint density at radius 3 is 2.23 bits per heavy atom. The quantitative estimate of drug-likeness (QED) is 0.422. The van der Waals surface area contributed by atoms with E-state index in [-0.39, 0.29) is 5.11 Å². The number of benzene rings is 2. The molecule has 0 unspecified atom stereocenters. The molecule has 4 nitrogen and oxygen atoms in total. The van der Waals surface area contributed by atoms with Crippen LogP contribution in [0, 0.1) is 0 Å². The molecule has 2 rings (SSSR count). The van der Waals surface area contributed by atoms with E-state index in [1.807, 2.05) is 54.6 Å². The van der Waals surface area contributed by atoms with E-state index < -0.39 is 0 Å². The summed E-state index contributed by atoms with van der Waals surface area (Å²) in [4.78, 5) is 0.470. The smallest absolute Gasteiger partial charge is 0.184 e. The van der Waals surface area contributed by atoms with Crippen molar-refractivity contribution in [3.8, 4) is 0 Å². The van der Waals surface area contributed by atoms with Crippen LogP contribution in [0.5, 0.6) is 0 Å². The number of thiocarbonyl (C=S) groups is 2. The molecular formula is C15H13BrN4S2. The van der Waals surface area contributed by atoms with Gasteiger partial charge in [0.15, 0.2) is 5.11 Å². The van der Waals surface area contributed by atoms with Gasteiger partial charge in [-0.1, -0.05) is 58.5 Å². The van der Waals surface area contributed by atoms with Crippen LogP contribution < -0.4 is 16.5 Å². The highest BCUT2D eigenvalue weighted by molar-refractivity contribution is 9.10. The number of hydrogen-bond acceptors (Lipinski definition) is 3. The second-order valence-electron chi connectivity index (χ2n) is 4.26. The Morgan fingerprint density at radius 1 is 1.00 bits per heavy atom. The number of nitrogens with two attached hydrogens (primary N) is 1. The van der Waals surface area contributed by atoms with Crippen LogP contribution in [-0.4, -0.2) is 15.8 Å². The molecule has 22 heavy (non-hydrogen) atoms. The molecule has 0 aliphatic rings. The van der Waals surface area contributed by atoms with Crippen molar-refractivity contribution in [2.24, 2.45) is 10.8 Å². The molecular weight excluding hydrogens is 380 g/mol. The van der Waals surface area contributed by atoms with Crippen molar-refractivity contribution in [2.75, 3.05) is 5.32 Å². The van der Waals surface area contributed by atoms with E-state index in [1.165, 1.54) is 0 Å². The van der Waals surface area contributed by atoms with E-state index >= 15 is 0 Å². The van der Waals surface area contributed by atoms with Crippen molar-refractivity contribution in [2.45, 2.75) is 0 Å². The van der Waals surface area contributed by atoms with E-state index in [4.69, 9.17) is 30.2 Å². The van der Waals surface area contributed by atoms with Gasteiger partial charge in [-0.25, -0.2) is 0 Å². The molecule has 0 aliphatic heterocycles. The minimum absolute atomic E-state index is 0.0832. The summed E-state index contributed by atoms with van der Waals surface area (Å²) in [6.45, 7) is 0. The lowest BCUT2D eigenvalue weighted by Crippen LogP contribution is -2.29. The molecule has 0 aliphatic carbocycles. The van der Waals surface area contributed by atoms with Crippen LogP contribution >= 0.6 is 40.4 Å². The second kappa shape index (κ2) is 7.98. The molecule has 0 saturated carbocycles. The number of hydrogen-bond donors (Lipinski definition) is 3. The Bertz CT molecular complexity index is 699. The van der Waals surface area contributed by atoms with Gasteiger partial charge in [0.05, 0.1) is 0 Å². The van der Waals surface area contributed by atoms with Crippen molar-refractivity contribution in [3.05, 3.63) is 64.6 Å². The van der Waals surface area contributed by atoms with Crippen LogP contribution in [0.1, 0.15) is 5.56 Å². The lowest BCUT2D eigenvalue weighted by Gasteiger charge is -2.11. The predicted molar refractivity (Wildman–Crippen MR) is 103 cm³/mol. The molecule has 0 spiro atoms. The van der Waals surface area contributed by atoms with Gasteiger partial charge in [0, 0.05) is 15.7 Å². The maximum Gasteiger partial charge on any atom is 0.184 e. The van der Waals surface area contributed by atoms with Gasteiger partial charge in [0.25, 0.3) is 0 Å². The summed E-state index contributed by atoms with van der Waals surface area (Å²) in [6, 6.07) is 17.3. The molecule has 0 radical (unpaired) electrons. The van der Waals surface area contributed by atoms with Gasteiger partial charge in [-0.3, -0.25) is 5.43 Å². The molecule has 0 saturated heterocycles. The third-order valence-electron chi connectivity index (χ3n) is 2.64. The predicted octanol–water partition coefficient (Wildman–Crippen LogP) is 3.43. The van der Waals surface area contributed by atoms with Gasteiger partial charge in [0.1, 0.15) is 10.7 Å². The molecule has 0 atom stereocenters. The highest BCUT2D eigenvalue weighted by Crippen LogP contribution is 2.15. The molecule has 0 amide bonds. The van der Waals surface area contributed by atoms with E-state index in [1.54, 1.807) is 0 Å². The first kappa shape index (κ1) is 16.5. The highest BCUT2D eigenvalue weighted by Gasteiger charge is 2.10. The summed E-state index contributed by atoms with van der Waals surface area (Å²) in [6.07, 6.45) is 0. The van der Waals surface area contributed by atoms with Crippen molar-refractivity contribution in [1.29, 1.82) is 0 Å². The average molecular weight is 393 g/mol. The zero-order valence-electron chi connectivity index (χ0n) is 11.4. The first-order valence-corrected chi connectivity index (χ1v) is 7.92. The van der Waals surface area contributed by atoms with Crippen molar-refractivity contribution < 1.29 is 0 Å². The summed E-state index contributed by atoms with van der Waals surface area (Å²) in [5.74, 6) is 0. The number of anilines is 1. The third kappa shape index (κ3) is 4.87. The van der Waals surface area contributed by atoms with Crippen LogP contribution in [0.15, 0.2) is 64.2 Å². The van der Waals surface area contributed by atoms with Gasteiger partial charge < -0.3 is 11.1 Å². The van der Waals surface area contributed by atoms with Gasteiger partial charge in [-0.15, -0.1) is 0 Å². The van der Waals surface area contributed by atoms with E-state index in [0.29, 0.717) is 10.7 Å². The first-order valence-electron chi connectivity index (χ1n) is 6.32. The van der Waals surface area contributed by atoms with Crippen molar-refractivity contribution in [3.63, 3.8) is 0 Å². The summed E-state index contributed by atoms with van der Waals surface area (Å²) in [5.41, 5.74) is 10.3. The summed E-state index contributed by atoms with van der Waals surface area (Å²) >= 11 is 13.6. The zero-order valence-corrected chi connectivity index (χ0v) is 14.6. The maximum absolute atomic E-state index is 5.45. The Labute approximate surface area is 147 Å². The SMILES string of the molecule is NC(=S)NN=C(C(=S)Nc1ccc(Br)cc1)c1ccccc1. The van der Waals surface area contributed by atoms with Gasteiger partial charge in [0.2, 0.25) is 0 Å². The zero-order chi connectivity index (χ0) is 15.9. The molecule has 112 valence electrons. The number of nitrogens with one attached hydrogen (secondary N) is 2. The molecule has 2 aromatic rings. The highest BCUT2D eigenvalue weighted by atomic mass is 79.9. The maximum atomic E-state index is 5.45. The largest absolute Gasteiger partial charge is 0.375 e. The normalized spacial score (nSPS) is 10.9. The van der Waals surface area contributed by atoms with Crippen LogP contribution in [0.4, 0.5) is 5.69 Å². The van der Waals surface area contributed by atoms with Crippen molar-refractivity contribution >= 4 is 61.9 Å². The summed E-state index contributed by atoms with van der Waals surface area (Å²) in [7, 11) is 0. The lowest BCUT2D eigenvalue weighted by atomic mass is 10.1. The molecule has 0 fully saturated rings. The summed E-state index contributed by atoms with van der Waals surface area (Å²) < 4.78 is 0.996. The van der Waals surface area contributed by atoms with Crippen LogP contribution in [0.25, 0.3) is 0 Å². The fraction of sp³-hybridized carbons (Fsp3) is 0. The third-order valence-corrected chi connectivity index (χ3v) is 3.56. The van der Waals surface area contributed by atoms with E-state index in [9.17, 15) is 0 Å². The molecule has 7 heteroatoms. The van der Waals surface area contributed by atoms with Crippen LogP contribution in [-0.2, 0) is 0 Å². The number of rotatable bonds is 4. The Hall–Kier alpha value is -1.83. The van der Waals surface area contributed by atoms with E-state index in [0.717, 1.165) is 15.7 Å². The minimum Gasteiger partial charge on any atom is -0.375 e. The molecule has 4 N–H and O–H groups in total. The molecule has 2 aromatic carbocycles. The van der Waals surface area contributed by atoms with Crippen molar-refractivity contribution in [1.82, 2.24) is 5.43 Å². The number of nitrogens with zero attached hydrogens (tertiary/aromatic N) is 1. The number of hydrazone groups is 1. The van der Waals surface area contributed by atoms with E-state index in [2.05, 4.69) is 31.8 Å². The standard InChI is InChI=1S/C15H13BrN4S2/c16-11-6-8-12(9-7-11)18-14(21)13(19-20-15(17)22)10-4-2-1-3-5-10/h1-9H,(H,18,21)(H3,17,20,22). The average Bonchev–Trinajstić information content (AvgIpc) is 2.50. The number of halogens is 1. The molecule has 0 bridgehead atoms. The summed E-state index contributed by atoms with van der Waals surface area (Å²) in [5, 5.41) is 7.42. The lowest BCUT2D eigenvalue weighted by molar-refractivity contribution is 1.04. The molecule has 0 aromatic heterocycles. The molecule has 0 heterocycles. The fourth-order valence-electron chi connectivity index (χ4n) is 1.68. The van der Waals surface area contributed by atoms with Gasteiger partial charge in [-0.05, 0) is 36.5 Å². The Balaban J connectivity index is 2.24.